The summed E-state index contributed by atoms with van der Waals surface area (Å²) >= 11 is 0. The van der Waals surface area contributed by atoms with E-state index in [2.05, 4.69) is 228 Å². The van der Waals surface area contributed by atoms with E-state index in [4.69, 9.17) is 4.42 Å². The first kappa shape index (κ1) is 34.9. The zero-order valence-electron chi connectivity index (χ0n) is 33.2. The van der Waals surface area contributed by atoms with Gasteiger partial charge in [0, 0.05) is 44.3 Å². The summed E-state index contributed by atoms with van der Waals surface area (Å²) in [6, 6.07) is 82.9. The molecule has 0 fully saturated rings. The van der Waals surface area contributed by atoms with Gasteiger partial charge in [-0.05, 0) is 123 Å². The normalized spacial score (nSPS) is 11.6. The van der Waals surface area contributed by atoms with Gasteiger partial charge in [-0.15, -0.1) is 0 Å². The number of rotatable bonds is 7. The second kappa shape index (κ2) is 14.3. The number of fused-ring (bicyclic) bond motifs is 7. The Morgan fingerprint density at radius 2 is 0.885 bits per heavy atom. The highest BCUT2D eigenvalue weighted by Crippen LogP contribution is 2.42. The monoisotopic (exact) mass is 778 g/mol. The van der Waals surface area contributed by atoms with E-state index in [0.717, 1.165) is 61.4 Å². The van der Waals surface area contributed by atoms with Crippen molar-refractivity contribution >= 4 is 71.6 Å². The van der Waals surface area contributed by atoms with Crippen LogP contribution < -0.4 is 4.90 Å². The van der Waals surface area contributed by atoms with Crippen LogP contribution in [0, 0.1) is 0 Å². The van der Waals surface area contributed by atoms with Gasteiger partial charge in [0.1, 0.15) is 11.2 Å². The summed E-state index contributed by atoms with van der Waals surface area (Å²) in [4.78, 5) is 2.35. The van der Waals surface area contributed by atoms with Crippen LogP contribution >= 0.6 is 0 Å². The van der Waals surface area contributed by atoms with E-state index in [0.29, 0.717) is 0 Å². The minimum Gasteiger partial charge on any atom is -0.456 e. The molecule has 0 spiro atoms. The third-order valence-corrected chi connectivity index (χ3v) is 12.2. The van der Waals surface area contributed by atoms with E-state index < -0.39 is 0 Å². The number of furan rings is 1. The maximum absolute atomic E-state index is 6.29. The second-order valence-electron chi connectivity index (χ2n) is 15.7. The quantitative estimate of drug-likeness (QED) is 0.161. The molecule has 10 aromatic carbocycles. The highest BCUT2D eigenvalue weighted by molar-refractivity contribution is 6.14. The van der Waals surface area contributed by atoms with Gasteiger partial charge >= 0.3 is 0 Å². The summed E-state index contributed by atoms with van der Waals surface area (Å²) in [5, 5.41) is 7.29. The topological polar surface area (TPSA) is 21.3 Å². The molecule has 12 aromatic rings. The van der Waals surface area contributed by atoms with Crippen LogP contribution in [0.15, 0.2) is 235 Å². The first-order valence-corrected chi connectivity index (χ1v) is 20.8. The maximum atomic E-state index is 6.29. The molecule has 0 unspecified atom stereocenters. The predicted octanol–water partition coefficient (Wildman–Crippen LogP) is 16.3. The minimum absolute atomic E-state index is 0.893. The van der Waals surface area contributed by atoms with E-state index in [1.165, 1.54) is 49.3 Å². The van der Waals surface area contributed by atoms with Crippen molar-refractivity contribution in [1.29, 1.82) is 0 Å². The van der Waals surface area contributed by atoms with Crippen LogP contribution in [-0.4, -0.2) is 4.57 Å². The van der Waals surface area contributed by atoms with Crippen molar-refractivity contribution < 1.29 is 4.42 Å². The lowest BCUT2D eigenvalue weighted by Crippen LogP contribution is -2.10. The molecule has 3 heteroatoms. The summed E-state index contributed by atoms with van der Waals surface area (Å²) in [5.41, 5.74) is 15.6. The van der Waals surface area contributed by atoms with Crippen LogP contribution in [-0.2, 0) is 0 Å². The number of anilines is 3. The Morgan fingerprint density at radius 3 is 1.62 bits per heavy atom. The van der Waals surface area contributed by atoms with Gasteiger partial charge in [0.2, 0.25) is 0 Å². The van der Waals surface area contributed by atoms with Gasteiger partial charge in [0.15, 0.2) is 0 Å². The van der Waals surface area contributed by atoms with Crippen LogP contribution in [0.1, 0.15) is 0 Å². The molecule has 3 nitrogen and oxygen atoms in total. The average molecular weight is 779 g/mol. The molecule has 2 heterocycles. The van der Waals surface area contributed by atoms with E-state index >= 15 is 0 Å². The van der Waals surface area contributed by atoms with Crippen LogP contribution in [0.2, 0.25) is 0 Å². The molecule has 0 bridgehead atoms. The van der Waals surface area contributed by atoms with Crippen LogP contribution in [0.4, 0.5) is 17.1 Å². The molecule has 0 aliphatic heterocycles. The lowest BCUT2D eigenvalue weighted by molar-refractivity contribution is 0.669. The summed E-state index contributed by atoms with van der Waals surface area (Å²) in [7, 11) is 0. The molecule has 2 aromatic heterocycles. The fourth-order valence-corrected chi connectivity index (χ4v) is 9.25. The predicted molar refractivity (Wildman–Crippen MR) is 257 cm³/mol. The lowest BCUT2D eigenvalue weighted by atomic mass is 9.98. The van der Waals surface area contributed by atoms with Crippen LogP contribution in [0.3, 0.4) is 0 Å². The van der Waals surface area contributed by atoms with Crippen molar-refractivity contribution in [3.05, 3.63) is 231 Å². The third kappa shape index (κ3) is 5.98. The van der Waals surface area contributed by atoms with Crippen molar-refractivity contribution in [2.75, 3.05) is 4.90 Å². The fourth-order valence-electron chi connectivity index (χ4n) is 9.25. The summed E-state index contributed by atoms with van der Waals surface area (Å²) in [6.45, 7) is 0. The van der Waals surface area contributed by atoms with E-state index in [9.17, 15) is 0 Å². The third-order valence-electron chi connectivity index (χ3n) is 12.2. The standard InChI is InChI=1S/C58H38N2O/c1-2-12-39(13-3-1)40-24-30-46(31-25-40)59(49-17-10-16-45(36-49)50-20-11-23-57-58(50)52-19-7-9-22-56(52)61-57)47-32-26-41(27-33-47)42-28-34-48(35-29-42)60-54-21-8-6-18-51(54)53-37-43-14-4-5-15-44(43)38-55(53)60/h1-38H. The first-order chi connectivity index (χ1) is 30.2. The Morgan fingerprint density at radius 1 is 0.328 bits per heavy atom. The van der Waals surface area contributed by atoms with Crippen LogP contribution in [0.5, 0.6) is 0 Å². The molecule has 12 rings (SSSR count). The number of hydrogen-bond donors (Lipinski definition) is 0. The Labute approximate surface area is 353 Å². The number of benzene rings is 10. The summed E-state index contributed by atoms with van der Waals surface area (Å²) in [6.07, 6.45) is 0. The van der Waals surface area contributed by atoms with Crippen molar-refractivity contribution in [1.82, 2.24) is 4.57 Å². The van der Waals surface area contributed by atoms with Gasteiger partial charge < -0.3 is 13.9 Å². The smallest absolute Gasteiger partial charge is 0.136 e. The molecular formula is C58H38N2O. The number of nitrogens with zero attached hydrogens (tertiary/aromatic N) is 2. The summed E-state index contributed by atoms with van der Waals surface area (Å²) < 4.78 is 8.69. The molecule has 0 radical (unpaired) electrons. The largest absolute Gasteiger partial charge is 0.456 e. The van der Waals surface area contributed by atoms with E-state index in [1.54, 1.807) is 0 Å². The zero-order chi connectivity index (χ0) is 40.3. The van der Waals surface area contributed by atoms with Gasteiger partial charge in [-0.2, -0.15) is 0 Å². The van der Waals surface area contributed by atoms with Crippen LogP contribution in [0.25, 0.3) is 93.6 Å². The Kier molecular flexibility index (Phi) is 8.17. The Balaban J connectivity index is 0.927. The first-order valence-electron chi connectivity index (χ1n) is 20.8. The fraction of sp³-hybridized carbons (Fsp3) is 0. The van der Waals surface area contributed by atoms with Crippen molar-refractivity contribution in [2.24, 2.45) is 0 Å². The summed E-state index contributed by atoms with van der Waals surface area (Å²) in [5.74, 6) is 0. The number of hydrogen-bond acceptors (Lipinski definition) is 2. The highest BCUT2D eigenvalue weighted by Gasteiger charge is 2.18. The molecule has 61 heavy (non-hydrogen) atoms. The Bertz CT molecular complexity index is 3560. The van der Waals surface area contributed by atoms with Gasteiger partial charge in [-0.1, -0.05) is 152 Å². The lowest BCUT2D eigenvalue weighted by Gasteiger charge is -2.26. The van der Waals surface area contributed by atoms with Crippen molar-refractivity contribution in [3.63, 3.8) is 0 Å². The number of para-hydroxylation sites is 2. The molecule has 286 valence electrons. The van der Waals surface area contributed by atoms with Gasteiger partial charge in [-0.3, -0.25) is 0 Å². The minimum atomic E-state index is 0.893. The molecular weight excluding hydrogens is 741 g/mol. The highest BCUT2D eigenvalue weighted by atomic mass is 16.3. The SMILES string of the molecule is c1ccc(-c2ccc(N(c3ccc(-c4ccc(-n5c6ccccc6c6cc7ccccc7cc65)cc4)cc3)c3cccc(-c4cccc5oc6ccccc6c45)c3)cc2)cc1. The second-order valence-corrected chi connectivity index (χ2v) is 15.7. The zero-order valence-corrected chi connectivity index (χ0v) is 33.2. The molecule has 0 aliphatic rings. The van der Waals surface area contributed by atoms with Gasteiger partial charge in [0.05, 0.1) is 11.0 Å². The molecule has 0 aliphatic carbocycles. The maximum Gasteiger partial charge on any atom is 0.136 e. The molecule has 0 saturated carbocycles. The van der Waals surface area contributed by atoms with E-state index in [-0.39, 0.29) is 0 Å². The molecule has 0 atom stereocenters. The van der Waals surface area contributed by atoms with Crippen molar-refractivity contribution in [2.45, 2.75) is 0 Å². The van der Waals surface area contributed by atoms with E-state index in [1.807, 2.05) is 12.1 Å². The van der Waals surface area contributed by atoms with Gasteiger partial charge in [-0.25, -0.2) is 0 Å². The van der Waals surface area contributed by atoms with Gasteiger partial charge in [0.25, 0.3) is 0 Å². The molecule has 0 saturated heterocycles. The average Bonchev–Trinajstić information content (AvgIpc) is 3.87. The molecule has 0 N–H and O–H groups in total. The Hall–Kier alpha value is -8.14. The molecule has 0 amide bonds. The van der Waals surface area contributed by atoms with Crippen molar-refractivity contribution in [3.8, 4) is 39.1 Å². The number of aromatic nitrogens is 1.